The molecular weight excluding hydrogens is 961 g/mol. The molecule has 0 aromatic rings. The van der Waals surface area contributed by atoms with Gasteiger partial charge >= 0.3 is 17.9 Å². The van der Waals surface area contributed by atoms with Crippen molar-refractivity contribution in [3.05, 3.63) is 85.1 Å². The van der Waals surface area contributed by atoms with E-state index in [1.165, 1.54) is 212 Å². The van der Waals surface area contributed by atoms with Crippen molar-refractivity contribution in [3.63, 3.8) is 0 Å². The Hall–Kier alpha value is -3.41. The largest absolute Gasteiger partial charge is 0.462 e. The van der Waals surface area contributed by atoms with Gasteiger partial charge in [0.2, 0.25) is 0 Å². The first-order valence-electron chi connectivity index (χ1n) is 33.6. The summed E-state index contributed by atoms with van der Waals surface area (Å²) in [6.07, 6.45) is 87.7. The average molecular weight is 1090 g/mol. The van der Waals surface area contributed by atoms with Gasteiger partial charge in [-0.1, -0.05) is 318 Å². The van der Waals surface area contributed by atoms with E-state index in [2.05, 4.69) is 99.8 Å². The van der Waals surface area contributed by atoms with E-state index in [4.69, 9.17) is 14.2 Å². The topological polar surface area (TPSA) is 78.9 Å². The van der Waals surface area contributed by atoms with Crippen LogP contribution in [0, 0.1) is 0 Å². The van der Waals surface area contributed by atoms with Crippen molar-refractivity contribution in [2.45, 2.75) is 341 Å². The number of unbranched alkanes of at least 4 members (excludes halogenated alkanes) is 36. The molecule has 0 heterocycles. The molecule has 0 aliphatic heterocycles. The zero-order chi connectivity index (χ0) is 56.4. The first-order chi connectivity index (χ1) is 38.5. The standard InChI is InChI=1S/C72H126O6/c1-4-7-10-13-16-19-22-25-27-29-30-31-32-33-34-35-36-37-38-39-40-41-42-43-45-47-50-53-56-59-62-65-71(74)77-68-69(67-76-70(73)64-61-58-55-52-49-46-24-21-18-15-12-9-6-3)78-72(75)66-63-60-57-54-51-48-44-28-26-23-20-17-14-11-8-5-2/h9,12,18,21-22,25,29-30,32-33,46,49,55,58,69H,4-8,10-11,13-17,19-20,23-24,26-28,31,34-45,47-48,50-54,56-57,59-68H2,1-3H3/b12-9-,21-18-,25-22-,30-29-,33-32-,49-46-,58-55-. The fourth-order valence-corrected chi connectivity index (χ4v) is 9.64. The number of carbonyl (C=O) groups is 3. The van der Waals surface area contributed by atoms with E-state index in [0.29, 0.717) is 19.3 Å². The van der Waals surface area contributed by atoms with Crippen molar-refractivity contribution < 1.29 is 28.6 Å². The van der Waals surface area contributed by atoms with Gasteiger partial charge in [-0.05, 0) is 83.5 Å². The van der Waals surface area contributed by atoms with Crippen LogP contribution in [0.3, 0.4) is 0 Å². The number of ether oxygens (including phenoxy) is 3. The predicted octanol–water partition coefficient (Wildman–Crippen LogP) is 23.1. The molecule has 0 N–H and O–H groups in total. The summed E-state index contributed by atoms with van der Waals surface area (Å²) >= 11 is 0. The molecule has 0 aromatic carbocycles. The van der Waals surface area contributed by atoms with Crippen LogP contribution in [0.15, 0.2) is 85.1 Å². The molecular formula is C72H126O6. The zero-order valence-electron chi connectivity index (χ0n) is 51.7. The van der Waals surface area contributed by atoms with Crippen LogP contribution in [0.25, 0.3) is 0 Å². The third-order valence-electron chi connectivity index (χ3n) is 14.6. The average Bonchev–Trinajstić information content (AvgIpc) is 3.44. The van der Waals surface area contributed by atoms with Crippen LogP contribution in [0.1, 0.15) is 335 Å². The van der Waals surface area contributed by atoms with Gasteiger partial charge in [0.15, 0.2) is 6.10 Å². The molecule has 0 bridgehead atoms. The highest BCUT2D eigenvalue weighted by Crippen LogP contribution is 2.17. The highest BCUT2D eigenvalue weighted by atomic mass is 16.6. The molecule has 6 heteroatoms. The van der Waals surface area contributed by atoms with Gasteiger partial charge in [0.05, 0.1) is 0 Å². The van der Waals surface area contributed by atoms with E-state index in [9.17, 15) is 14.4 Å². The van der Waals surface area contributed by atoms with Crippen LogP contribution in [0.5, 0.6) is 0 Å². The molecule has 0 saturated carbocycles. The summed E-state index contributed by atoms with van der Waals surface area (Å²) < 4.78 is 16.9. The van der Waals surface area contributed by atoms with Gasteiger partial charge in [0.1, 0.15) is 13.2 Å². The fraction of sp³-hybridized carbons (Fsp3) is 0.764. The van der Waals surface area contributed by atoms with E-state index >= 15 is 0 Å². The molecule has 0 spiro atoms. The van der Waals surface area contributed by atoms with Gasteiger partial charge in [-0.2, -0.15) is 0 Å². The number of carbonyl (C=O) groups excluding carboxylic acids is 3. The summed E-state index contributed by atoms with van der Waals surface area (Å²) in [6.45, 7) is 6.49. The van der Waals surface area contributed by atoms with Crippen LogP contribution < -0.4 is 0 Å². The van der Waals surface area contributed by atoms with Gasteiger partial charge in [-0.25, -0.2) is 0 Å². The molecule has 0 saturated heterocycles. The number of hydrogen-bond acceptors (Lipinski definition) is 6. The number of allylic oxidation sites excluding steroid dienone is 14. The molecule has 1 unspecified atom stereocenters. The predicted molar refractivity (Wildman–Crippen MR) is 339 cm³/mol. The molecule has 78 heavy (non-hydrogen) atoms. The molecule has 6 nitrogen and oxygen atoms in total. The minimum atomic E-state index is -0.803. The maximum absolute atomic E-state index is 12.9. The molecule has 0 aromatic heterocycles. The molecule has 0 fully saturated rings. The van der Waals surface area contributed by atoms with Gasteiger partial charge in [-0.15, -0.1) is 0 Å². The minimum absolute atomic E-state index is 0.0947. The number of hydrogen-bond donors (Lipinski definition) is 0. The molecule has 0 radical (unpaired) electrons. The van der Waals surface area contributed by atoms with Gasteiger partial charge in [-0.3, -0.25) is 14.4 Å². The number of esters is 3. The van der Waals surface area contributed by atoms with Crippen molar-refractivity contribution in [1.29, 1.82) is 0 Å². The Morgan fingerprint density at radius 3 is 0.859 bits per heavy atom. The molecule has 1 atom stereocenters. The van der Waals surface area contributed by atoms with Crippen molar-refractivity contribution in [3.8, 4) is 0 Å². The highest BCUT2D eigenvalue weighted by Gasteiger charge is 2.19. The molecule has 0 rings (SSSR count). The Kier molecular flexibility index (Phi) is 63.2. The smallest absolute Gasteiger partial charge is 0.306 e. The lowest BCUT2D eigenvalue weighted by molar-refractivity contribution is -0.166. The molecule has 0 aliphatic carbocycles. The second kappa shape index (κ2) is 66.1. The van der Waals surface area contributed by atoms with Gasteiger partial charge in [0, 0.05) is 19.3 Å². The van der Waals surface area contributed by atoms with E-state index in [-0.39, 0.29) is 37.5 Å². The Bertz CT molecular complexity index is 1480. The van der Waals surface area contributed by atoms with Crippen LogP contribution in [0.4, 0.5) is 0 Å². The van der Waals surface area contributed by atoms with E-state index < -0.39 is 6.10 Å². The number of rotatable bonds is 61. The second-order valence-electron chi connectivity index (χ2n) is 22.4. The maximum atomic E-state index is 12.9. The van der Waals surface area contributed by atoms with Crippen molar-refractivity contribution in [2.24, 2.45) is 0 Å². The normalized spacial score (nSPS) is 12.6. The SMILES string of the molecule is CC/C=C\C/C=C\C/C=C\C/C=C\CCC(=O)OCC(COC(=O)CCCCCCCCCCCCCCCCCC/C=C\C/C=C\C/C=C\CCCCCCC)OC(=O)CCCCCCCCCCCCCCCCCC. The third kappa shape index (κ3) is 63.4. The lowest BCUT2D eigenvalue weighted by atomic mass is 10.0. The van der Waals surface area contributed by atoms with Crippen LogP contribution in [-0.4, -0.2) is 37.2 Å². The summed E-state index contributed by atoms with van der Waals surface area (Å²) in [5.74, 6) is -0.964. The minimum Gasteiger partial charge on any atom is -0.462 e. The first kappa shape index (κ1) is 74.6. The van der Waals surface area contributed by atoms with Crippen molar-refractivity contribution in [2.75, 3.05) is 13.2 Å². The van der Waals surface area contributed by atoms with Crippen LogP contribution >= 0.6 is 0 Å². The summed E-state index contributed by atoms with van der Waals surface area (Å²) in [5, 5.41) is 0. The summed E-state index contributed by atoms with van der Waals surface area (Å²) in [6, 6.07) is 0. The summed E-state index contributed by atoms with van der Waals surface area (Å²) in [5.41, 5.74) is 0. The first-order valence-corrected chi connectivity index (χ1v) is 33.6. The van der Waals surface area contributed by atoms with Gasteiger partial charge in [0.25, 0.3) is 0 Å². The monoisotopic (exact) mass is 1090 g/mol. The molecule has 0 aliphatic rings. The Morgan fingerprint density at radius 2 is 0.526 bits per heavy atom. The quantitative estimate of drug-likeness (QED) is 0.0261. The lowest BCUT2D eigenvalue weighted by Gasteiger charge is -2.18. The van der Waals surface area contributed by atoms with Crippen molar-refractivity contribution >= 4 is 17.9 Å². The maximum Gasteiger partial charge on any atom is 0.306 e. The highest BCUT2D eigenvalue weighted by molar-refractivity contribution is 5.71. The van der Waals surface area contributed by atoms with E-state index in [1.54, 1.807) is 0 Å². The Labute approximate surface area is 484 Å². The third-order valence-corrected chi connectivity index (χ3v) is 14.6. The zero-order valence-corrected chi connectivity index (χ0v) is 51.7. The Morgan fingerprint density at radius 1 is 0.269 bits per heavy atom. The van der Waals surface area contributed by atoms with Gasteiger partial charge < -0.3 is 14.2 Å². The van der Waals surface area contributed by atoms with Crippen molar-refractivity contribution in [1.82, 2.24) is 0 Å². The van der Waals surface area contributed by atoms with E-state index in [0.717, 1.165) is 77.0 Å². The second-order valence-corrected chi connectivity index (χ2v) is 22.4. The van der Waals surface area contributed by atoms with Crippen LogP contribution in [-0.2, 0) is 28.6 Å². The van der Waals surface area contributed by atoms with Crippen LogP contribution in [0.2, 0.25) is 0 Å². The molecule has 0 amide bonds. The fourth-order valence-electron chi connectivity index (χ4n) is 9.64. The lowest BCUT2D eigenvalue weighted by Crippen LogP contribution is -2.30. The summed E-state index contributed by atoms with van der Waals surface area (Å²) in [7, 11) is 0. The molecule has 450 valence electrons. The Balaban J connectivity index is 4.21. The van der Waals surface area contributed by atoms with E-state index in [1.807, 2.05) is 6.08 Å². The summed E-state index contributed by atoms with van der Waals surface area (Å²) in [4.78, 5) is 38.2.